The summed E-state index contributed by atoms with van der Waals surface area (Å²) in [4.78, 5) is 29.0. The molecule has 0 aliphatic rings. The van der Waals surface area contributed by atoms with Crippen molar-refractivity contribution in [2.24, 2.45) is 0 Å². The van der Waals surface area contributed by atoms with E-state index < -0.39 is 5.97 Å². The topological polar surface area (TPSA) is 79.3 Å². The van der Waals surface area contributed by atoms with Crippen LogP contribution in [0.5, 0.6) is 0 Å². The molecule has 2 heterocycles. The van der Waals surface area contributed by atoms with Crippen molar-refractivity contribution < 1.29 is 14.7 Å². The van der Waals surface area contributed by atoms with Crippen molar-refractivity contribution in [1.82, 2.24) is 4.98 Å². The first kappa shape index (κ1) is 14.7. The average molecular weight is 310 g/mol. The zero-order valence-electron chi connectivity index (χ0n) is 11.1. The lowest BCUT2D eigenvalue weighted by molar-refractivity contribution is 0.0687. The van der Waals surface area contributed by atoms with E-state index in [9.17, 15) is 9.59 Å². The third-order valence-electron chi connectivity index (χ3n) is 2.63. The van der Waals surface area contributed by atoms with Gasteiger partial charge in [0.1, 0.15) is 4.88 Å². The maximum absolute atomic E-state index is 11.4. The lowest BCUT2D eigenvalue weighted by Crippen LogP contribution is -2.04. The fraction of sp³-hybridized carbons (Fsp3) is 0.308. The SMILES string of the molecule is CCc1ccc(CNc2nc(C(=O)O)c(C(C)=O)s2)s1. The number of hydrogen-bond donors (Lipinski definition) is 2. The Morgan fingerprint density at radius 3 is 2.50 bits per heavy atom. The zero-order chi connectivity index (χ0) is 14.7. The van der Waals surface area contributed by atoms with Crippen LogP contribution in [0.15, 0.2) is 12.1 Å². The van der Waals surface area contributed by atoms with E-state index >= 15 is 0 Å². The largest absolute Gasteiger partial charge is 0.476 e. The number of carbonyl (C=O) groups is 2. The van der Waals surface area contributed by atoms with Gasteiger partial charge in [0.15, 0.2) is 16.6 Å². The van der Waals surface area contributed by atoms with Crippen LogP contribution in [0.1, 0.15) is 43.8 Å². The van der Waals surface area contributed by atoms with Gasteiger partial charge in [-0.15, -0.1) is 11.3 Å². The highest BCUT2D eigenvalue weighted by atomic mass is 32.1. The third-order valence-corrected chi connectivity index (χ3v) is 4.97. The molecule has 0 unspecified atom stereocenters. The minimum Gasteiger partial charge on any atom is -0.476 e. The molecule has 0 atom stereocenters. The molecule has 5 nitrogen and oxygen atoms in total. The number of thiazole rings is 1. The highest BCUT2D eigenvalue weighted by molar-refractivity contribution is 7.17. The normalized spacial score (nSPS) is 10.5. The van der Waals surface area contributed by atoms with Crippen molar-refractivity contribution in [3.8, 4) is 0 Å². The van der Waals surface area contributed by atoms with Crippen molar-refractivity contribution in [1.29, 1.82) is 0 Å². The predicted molar refractivity (Wildman–Crippen MR) is 80.1 cm³/mol. The van der Waals surface area contributed by atoms with E-state index in [0.717, 1.165) is 22.6 Å². The van der Waals surface area contributed by atoms with Crippen molar-refractivity contribution in [3.63, 3.8) is 0 Å². The Kier molecular flexibility index (Phi) is 4.51. The Hall–Kier alpha value is -1.73. The molecule has 2 N–H and O–H groups in total. The van der Waals surface area contributed by atoms with Gasteiger partial charge in [0.25, 0.3) is 0 Å². The first-order chi connectivity index (χ1) is 9.51. The van der Waals surface area contributed by atoms with Gasteiger partial charge in [-0.3, -0.25) is 4.79 Å². The second-order valence-electron chi connectivity index (χ2n) is 4.13. The highest BCUT2D eigenvalue weighted by Crippen LogP contribution is 2.25. The number of ketones is 1. The summed E-state index contributed by atoms with van der Waals surface area (Å²) in [5.41, 5.74) is -0.176. The van der Waals surface area contributed by atoms with E-state index in [0.29, 0.717) is 11.7 Å². The van der Waals surface area contributed by atoms with Crippen LogP contribution in [0.3, 0.4) is 0 Å². The first-order valence-electron chi connectivity index (χ1n) is 6.07. The van der Waals surface area contributed by atoms with Crippen LogP contribution in [0.25, 0.3) is 0 Å². The Balaban J connectivity index is 2.11. The van der Waals surface area contributed by atoms with Crippen molar-refractivity contribution >= 4 is 39.6 Å². The molecule has 0 saturated carbocycles. The Bertz CT molecular complexity index is 614. The van der Waals surface area contributed by atoms with Crippen LogP contribution in [0.4, 0.5) is 5.13 Å². The second kappa shape index (κ2) is 6.15. The number of rotatable bonds is 6. The van der Waals surface area contributed by atoms with E-state index in [1.54, 1.807) is 11.3 Å². The van der Waals surface area contributed by atoms with Gasteiger partial charge in [0.2, 0.25) is 0 Å². The molecule has 0 spiro atoms. The molecule has 106 valence electrons. The monoisotopic (exact) mass is 310 g/mol. The molecule has 2 aromatic heterocycles. The lowest BCUT2D eigenvalue weighted by Gasteiger charge is -1.98. The molecule has 0 amide bonds. The summed E-state index contributed by atoms with van der Waals surface area (Å²) >= 11 is 2.79. The van der Waals surface area contributed by atoms with Gasteiger partial charge in [-0.25, -0.2) is 9.78 Å². The van der Waals surface area contributed by atoms with Crippen LogP contribution in [0.2, 0.25) is 0 Å². The van der Waals surface area contributed by atoms with Gasteiger partial charge in [0, 0.05) is 16.7 Å². The number of carbonyl (C=O) groups excluding carboxylic acids is 1. The number of carboxylic acid groups (broad SMARTS) is 1. The fourth-order valence-corrected chi connectivity index (χ4v) is 3.39. The maximum atomic E-state index is 11.4. The number of aromatic carboxylic acids is 1. The van der Waals surface area contributed by atoms with E-state index in [2.05, 4.69) is 23.3 Å². The van der Waals surface area contributed by atoms with E-state index in [-0.39, 0.29) is 16.4 Å². The molecule has 2 aromatic rings. The third kappa shape index (κ3) is 3.23. The lowest BCUT2D eigenvalue weighted by atomic mass is 10.3. The molecule has 2 rings (SSSR count). The van der Waals surface area contributed by atoms with Gasteiger partial charge >= 0.3 is 5.97 Å². The van der Waals surface area contributed by atoms with E-state index in [1.807, 2.05) is 6.07 Å². The first-order valence-corrected chi connectivity index (χ1v) is 7.71. The Morgan fingerprint density at radius 1 is 1.30 bits per heavy atom. The van der Waals surface area contributed by atoms with E-state index in [1.165, 1.54) is 11.8 Å². The number of Topliss-reactive ketones (excluding diaryl/α,β-unsaturated/α-hetero) is 1. The highest BCUT2D eigenvalue weighted by Gasteiger charge is 2.20. The second-order valence-corrected chi connectivity index (χ2v) is 6.39. The molecular weight excluding hydrogens is 296 g/mol. The number of thiophene rings is 1. The Morgan fingerprint density at radius 2 is 2.00 bits per heavy atom. The smallest absolute Gasteiger partial charge is 0.356 e. The van der Waals surface area contributed by atoms with Gasteiger partial charge in [-0.1, -0.05) is 18.3 Å². The molecule has 0 radical (unpaired) electrons. The van der Waals surface area contributed by atoms with Crippen LogP contribution in [-0.2, 0) is 13.0 Å². The molecule has 0 fully saturated rings. The number of hydrogen-bond acceptors (Lipinski definition) is 6. The van der Waals surface area contributed by atoms with Crippen molar-refractivity contribution in [2.45, 2.75) is 26.8 Å². The van der Waals surface area contributed by atoms with Crippen molar-refractivity contribution in [3.05, 3.63) is 32.5 Å². The number of nitrogens with zero attached hydrogens (tertiary/aromatic N) is 1. The van der Waals surface area contributed by atoms with Gasteiger partial charge in [0.05, 0.1) is 6.54 Å². The summed E-state index contributed by atoms with van der Waals surface area (Å²) in [6, 6.07) is 4.11. The number of aryl methyl sites for hydroxylation is 1. The zero-order valence-corrected chi connectivity index (χ0v) is 12.7. The molecule has 0 bridgehead atoms. The van der Waals surface area contributed by atoms with Gasteiger partial charge in [-0.2, -0.15) is 0 Å². The number of carboxylic acids is 1. The summed E-state index contributed by atoms with van der Waals surface area (Å²) in [6.07, 6.45) is 1.000. The summed E-state index contributed by atoms with van der Waals surface area (Å²) in [5.74, 6) is -1.46. The van der Waals surface area contributed by atoms with Crippen molar-refractivity contribution in [2.75, 3.05) is 5.32 Å². The number of aromatic nitrogens is 1. The molecule has 0 aliphatic carbocycles. The van der Waals surface area contributed by atoms with Gasteiger partial charge < -0.3 is 10.4 Å². The number of nitrogens with one attached hydrogen (secondary N) is 1. The van der Waals surface area contributed by atoms with Crippen LogP contribution < -0.4 is 5.32 Å². The number of anilines is 1. The van der Waals surface area contributed by atoms with E-state index in [4.69, 9.17) is 5.11 Å². The quantitative estimate of drug-likeness (QED) is 0.800. The van der Waals surface area contributed by atoms with Crippen LogP contribution >= 0.6 is 22.7 Å². The summed E-state index contributed by atoms with van der Waals surface area (Å²) in [6.45, 7) is 4.02. The maximum Gasteiger partial charge on any atom is 0.356 e. The summed E-state index contributed by atoms with van der Waals surface area (Å²) in [5, 5.41) is 12.5. The predicted octanol–water partition coefficient (Wildman–Crippen LogP) is 3.28. The molecule has 0 aromatic carbocycles. The molecule has 20 heavy (non-hydrogen) atoms. The minimum absolute atomic E-state index is 0.176. The van der Waals surface area contributed by atoms with Crippen LogP contribution in [0, 0.1) is 0 Å². The minimum atomic E-state index is -1.18. The average Bonchev–Trinajstić information content (AvgIpc) is 3.03. The summed E-state index contributed by atoms with van der Waals surface area (Å²) in [7, 11) is 0. The fourth-order valence-electron chi connectivity index (χ4n) is 1.65. The molecule has 7 heteroatoms. The molecule has 0 saturated heterocycles. The van der Waals surface area contributed by atoms with Gasteiger partial charge in [-0.05, 0) is 18.6 Å². The standard InChI is InChI=1S/C13H14N2O3S2/c1-3-8-4-5-9(19-8)6-14-13-15-10(12(17)18)11(20-13)7(2)16/h4-5H,3,6H2,1-2H3,(H,14,15)(H,17,18). The Labute approximate surface area is 124 Å². The molecular formula is C13H14N2O3S2. The van der Waals surface area contributed by atoms with Crippen LogP contribution in [-0.4, -0.2) is 21.8 Å². The molecule has 0 aliphatic heterocycles. The summed E-state index contributed by atoms with van der Waals surface area (Å²) < 4.78 is 0.